The van der Waals surface area contributed by atoms with Crippen molar-refractivity contribution in [3.8, 4) is 17.2 Å². The first-order valence-corrected chi connectivity index (χ1v) is 8.65. The highest BCUT2D eigenvalue weighted by atomic mass is 35.5. The number of rotatable bonds is 5. The number of carbonyl (C=O) groups is 2. The van der Waals surface area contributed by atoms with Crippen LogP contribution in [0.15, 0.2) is 42.5 Å². The van der Waals surface area contributed by atoms with Gasteiger partial charge in [-0.3, -0.25) is 14.3 Å². The van der Waals surface area contributed by atoms with Gasteiger partial charge in [0.15, 0.2) is 5.69 Å². The Hall–Kier alpha value is -3.63. The second kappa shape index (κ2) is 7.55. The van der Waals surface area contributed by atoms with Crippen molar-refractivity contribution >= 4 is 23.4 Å². The van der Waals surface area contributed by atoms with E-state index in [0.717, 1.165) is 5.56 Å². The zero-order chi connectivity index (χ0) is 20.4. The van der Waals surface area contributed by atoms with Gasteiger partial charge >= 0.3 is 0 Å². The van der Waals surface area contributed by atoms with Crippen LogP contribution in [0.3, 0.4) is 0 Å². The van der Waals surface area contributed by atoms with Gasteiger partial charge in [0.2, 0.25) is 5.91 Å². The van der Waals surface area contributed by atoms with E-state index in [-0.39, 0.29) is 10.7 Å². The molecule has 1 heterocycles. The van der Waals surface area contributed by atoms with E-state index >= 15 is 0 Å². The Morgan fingerprint density at radius 1 is 1.14 bits per heavy atom. The Bertz CT molecular complexity index is 1130. The number of carbonyl (C=O) groups excluding carboxylic acids is 2. The fourth-order valence-corrected chi connectivity index (χ4v) is 3.15. The number of nitriles is 1. The summed E-state index contributed by atoms with van der Waals surface area (Å²) in [4.78, 5) is 23.2. The molecule has 0 aliphatic heterocycles. The number of benzene rings is 2. The largest absolute Gasteiger partial charge is 0.366 e. The SMILES string of the molecule is Cc1c(-c2ccc(C#N)c(Cl)c2)c(C(N)=O)nn1Cc1ccc(C(N)=O)cc1. The molecule has 2 aromatic carbocycles. The van der Waals surface area contributed by atoms with E-state index in [1.165, 1.54) is 0 Å². The maximum atomic E-state index is 12.0. The monoisotopic (exact) mass is 393 g/mol. The second-order valence-corrected chi connectivity index (χ2v) is 6.61. The molecule has 0 bridgehead atoms. The van der Waals surface area contributed by atoms with Gasteiger partial charge in [-0.05, 0) is 42.3 Å². The van der Waals surface area contributed by atoms with Gasteiger partial charge in [0.05, 0.1) is 17.1 Å². The van der Waals surface area contributed by atoms with Crippen LogP contribution < -0.4 is 11.5 Å². The molecule has 0 radical (unpaired) electrons. The van der Waals surface area contributed by atoms with Gasteiger partial charge < -0.3 is 11.5 Å². The van der Waals surface area contributed by atoms with Crippen molar-refractivity contribution in [3.63, 3.8) is 0 Å². The standard InChI is InChI=1S/C20H16ClN5O2/c1-11-17(14-6-7-15(9-22)16(21)8-14)18(20(24)28)25-26(11)10-12-2-4-13(5-3-12)19(23)27/h2-8H,10H2,1H3,(H2,23,27)(H2,24,28). The van der Waals surface area contributed by atoms with E-state index in [2.05, 4.69) is 5.10 Å². The molecule has 140 valence electrons. The van der Waals surface area contributed by atoms with E-state index < -0.39 is 11.8 Å². The minimum atomic E-state index is -0.665. The summed E-state index contributed by atoms with van der Waals surface area (Å²) in [5.41, 5.74) is 14.4. The average molecular weight is 394 g/mol. The van der Waals surface area contributed by atoms with Gasteiger partial charge in [0, 0.05) is 16.8 Å². The van der Waals surface area contributed by atoms with E-state index in [1.807, 2.05) is 13.0 Å². The Kier molecular flexibility index (Phi) is 5.16. The van der Waals surface area contributed by atoms with Crippen LogP contribution in [0.1, 0.15) is 37.7 Å². The zero-order valence-electron chi connectivity index (χ0n) is 14.9. The minimum absolute atomic E-state index is 0.118. The van der Waals surface area contributed by atoms with Crippen molar-refractivity contribution in [2.24, 2.45) is 11.5 Å². The highest BCUT2D eigenvalue weighted by Gasteiger charge is 2.21. The molecule has 0 atom stereocenters. The first-order valence-electron chi connectivity index (χ1n) is 8.27. The molecule has 2 amide bonds. The third-order valence-electron chi connectivity index (χ3n) is 4.39. The molecule has 1 aromatic heterocycles. The van der Waals surface area contributed by atoms with Crippen LogP contribution in [0.5, 0.6) is 0 Å². The van der Waals surface area contributed by atoms with Gasteiger partial charge in [-0.1, -0.05) is 29.8 Å². The summed E-state index contributed by atoms with van der Waals surface area (Å²) in [7, 11) is 0. The van der Waals surface area contributed by atoms with Crippen LogP contribution in [-0.4, -0.2) is 21.6 Å². The van der Waals surface area contributed by atoms with Crippen LogP contribution in [0.2, 0.25) is 5.02 Å². The summed E-state index contributed by atoms with van der Waals surface area (Å²) in [6.07, 6.45) is 0. The lowest BCUT2D eigenvalue weighted by Crippen LogP contribution is -2.14. The first kappa shape index (κ1) is 19.1. The van der Waals surface area contributed by atoms with Crippen LogP contribution in [0.4, 0.5) is 0 Å². The predicted octanol–water partition coefficient (Wildman–Crippen LogP) is 2.63. The zero-order valence-corrected chi connectivity index (χ0v) is 15.7. The molecule has 0 aliphatic carbocycles. The molecule has 28 heavy (non-hydrogen) atoms. The molecule has 0 aliphatic rings. The third kappa shape index (κ3) is 3.59. The van der Waals surface area contributed by atoms with E-state index in [4.69, 9.17) is 28.3 Å². The molecule has 0 saturated carbocycles. The van der Waals surface area contributed by atoms with E-state index in [1.54, 1.807) is 47.1 Å². The molecule has 0 spiro atoms. The van der Waals surface area contributed by atoms with Crippen molar-refractivity contribution in [2.45, 2.75) is 13.5 Å². The van der Waals surface area contributed by atoms with E-state index in [9.17, 15) is 9.59 Å². The molecular formula is C20H16ClN5O2. The molecule has 3 aromatic rings. The van der Waals surface area contributed by atoms with Crippen molar-refractivity contribution in [1.82, 2.24) is 9.78 Å². The van der Waals surface area contributed by atoms with Gasteiger partial charge in [0.25, 0.3) is 5.91 Å². The van der Waals surface area contributed by atoms with Crippen molar-refractivity contribution in [2.75, 3.05) is 0 Å². The Balaban J connectivity index is 2.04. The fourth-order valence-electron chi connectivity index (χ4n) is 2.93. The van der Waals surface area contributed by atoms with Crippen molar-refractivity contribution in [1.29, 1.82) is 5.26 Å². The molecule has 7 nitrogen and oxygen atoms in total. The summed E-state index contributed by atoms with van der Waals surface area (Å²) in [6, 6.07) is 13.7. The lowest BCUT2D eigenvalue weighted by atomic mass is 10.0. The van der Waals surface area contributed by atoms with Crippen LogP contribution >= 0.6 is 11.6 Å². The summed E-state index contributed by atoms with van der Waals surface area (Å²) in [5, 5.41) is 13.7. The summed E-state index contributed by atoms with van der Waals surface area (Å²) < 4.78 is 1.65. The lowest BCUT2D eigenvalue weighted by molar-refractivity contribution is 0.0989. The molecule has 0 fully saturated rings. The molecule has 8 heteroatoms. The smallest absolute Gasteiger partial charge is 0.269 e. The number of hydrogen-bond donors (Lipinski definition) is 2. The molecule has 4 N–H and O–H groups in total. The number of primary amides is 2. The Labute approximate surface area is 166 Å². The van der Waals surface area contributed by atoms with Crippen molar-refractivity contribution < 1.29 is 9.59 Å². The third-order valence-corrected chi connectivity index (χ3v) is 4.70. The summed E-state index contributed by atoms with van der Waals surface area (Å²) in [6.45, 7) is 2.19. The highest BCUT2D eigenvalue weighted by Crippen LogP contribution is 2.31. The van der Waals surface area contributed by atoms with Crippen LogP contribution in [0.25, 0.3) is 11.1 Å². The Morgan fingerprint density at radius 3 is 2.36 bits per heavy atom. The Morgan fingerprint density at radius 2 is 1.82 bits per heavy atom. The van der Waals surface area contributed by atoms with Gasteiger partial charge in [-0.15, -0.1) is 0 Å². The maximum absolute atomic E-state index is 12.0. The number of nitrogens with two attached hydrogens (primary N) is 2. The summed E-state index contributed by atoms with van der Waals surface area (Å²) >= 11 is 6.14. The second-order valence-electron chi connectivity index (χ2n) is 6.20. The van der Waals surface area contributed by atoms with Crippen LogP contribution in [0, 0.1) is 18.3 Å². The quantitative estimate of drug-likeness (QED) is 0.690. The molecule has 3 rings (SSSR count). The number of halogens is 1. The van der Waals surface area contributed by atoms with Gasteiger partial charge in [0.1, 0.15) is 6.07 Å². The minimum Gasteiger partial charge on any atom is -0.366 e. The number of amides is 2. The van der Waals surface area contributed by atoms with Gasteiger partial charge in [-0.2, -0.15) is 10.4 Å². The fraction of sp³-hybridized carbons (Fsp3) is 0.100. The van der Waals surface area contributed by atoms with Gasteiger partial charge in [-0.25, -0.2) is 0 Å². The number of nitrogens with zero attached hydrogens (tertiary/aromatic N) is 3. The van der Waals surface area contributed by atoms with Crippen molar-refractivity contribution in [3.05, 3.63) is 75.6 Å². The normalized spacial score (nSPS) is 10.5. The predicted molar refractivity (Wildman–Crippen MR) is 105 cm³/mol. The first-order chi connectivity index (χ1) is 13.3. The summed E-state index contributed by atoms with van der Waals surface area (Å²) in [5.74, 6) is -1.17. The average Bonchev–Trinajstić information content (AvgIpc) is 2.98. The number of hydrogen-bond acceptors (Lipinski definition) is 4. The highest BCUT2D eigenvalue weighted by molar-refractivity contribution is 6.32. The lowest BCUT2D eigenvalue weighted by Gasteiger charge is -2.07. The molecule has 0 unspecified atom stereocenters. The number of aromatic nitrogens is 2. The molecular weight excluding hydrogens is 378 g/mol. The maximum Gasteiger partial charge on any atom is 0.269 e. The molecule has 0 saturated heterocycles. The topological polar surface area (TPSA) is 128 Å². The van der Waals surface area contributed by atoms with E-state index in [0.29, 0.717) is 34.5 Å². The van der Waals surface area contributed by atoms with Crippen LogP contribution in [-0.2, 0) is 6.54 Å².